The van der Waals surface area contributed by atoms with Crippen LogP contribution in [-0.4, -0.2) is 49.9 Å². The highest BCUT2D eigenvalue weighted by Gasteiger charge is 2.25. The number of unbranched alkanes of at least 4 members (excludes halogenated alkanes) is 14. The van der Waals surface area contributed by atoms with Gasteiger partial charge in [-0.15, -0.1) is 0 Å². The maximum Gasteiger partial charge on any atom is 0.472 e. The van der Waals surface area contributed by atoms with Crippen LogP contribution in [0.25, 0.3) is 0 Å². The third-order valence-corrected chi connectivity index (χ3v) is 7.17. The van der Waals surface area contributed by atoms with E-state index < -0.39 is 13.9 Å². The maximum atomic E-state index is 12.4. The number of phosphoric acid groups is 1. The Morgan fingerprint density at radius 2 is 1.32 bits per heavy atom. The normalized spacial score (nSPS) is 14.1. The minimum atomic E-state index is -4.25. The van der Waals surface area contributed by atoms with Gasteiger partial charge in [0.1, 0.15) is 6.10 Å². The highest BCUT2D eigenvalue weighted by atomic mass is 31.2. The van der Waals surface area contributed by atoms with Crippen molar-refractivity contribution in [2.24, 2.45) is 5.73 Å². The molecule has 0 spiro atoms. The highest BCUT2D eigenvalue weighted by Crippen LogP contribution is 2.43. The number of carbonyl (C=O) groups excluding carboxylic acids is 1. The summed E-state index contributed by atoms with van der Waals surface area (Å²) < 4.78 is 32.9. The number of esters is 1. The zero-order valence-electron chi connectivity index (χ0n) is 24.4. The molecule has 3 N–H and O–H groups in total. The van der Waals surface area contributed by atoms with E-state index in [9.17, 15) is 14.3 Å². The van der Waals surface area contributed by atoms with E-state index in [0.29, 0.717) is 13.0 Å². The summed E-state index contributed by atoms with van der Waals surface area (Å²) in [5.41, 5.74) is 5.31. The molecule has 2 atom stereocenters. The second kappa shape index (κ2) is 27.8. The molecule has 226 valence electrons. The zero-order valence-corrected chi connectivity index (χ0v) is 25.3. The summed E-state index contributed by atoms with van der Waals surface area (Å²) in [6.45, 7) is 4.82. The van der Waals surface area contributed by atoms with E-state index >= 15 is 0 Å². The Balaban J connectivity index is 4.15. The van der Waals surface area contributed by atoms with Crippen LogP contribution in [0, 0.1) is 0 Å². The Hall–Kier alpha value is -0.760. The molecule has 0 aliphatic carbocycles. The van der Waals surface area contributed by atoms with Crippen LogP contribution in [0.1, 0.15) is 129 Å². The number of hydrogen-bond acceptors (Lipinski definition) is 7. The highest BCUT2D eigenvalue weighted by molar-refractivity contribution is 7.47. The lowest BCUT2D eigenvalue weighted by molar-refractivity contribution is -0.154. The molecule has 0 aromatic carbocycles. The van der Waals surface area contributed by atoms with Crippen molar-refractivity contribution in [2.75, 3.05) is 33.0 Å². The van der Waals surface area contributed by atoms with Gasteiger partial charge in [-0.05, 0) is 38.5 Å². The fourth-order valence-electron chi connectivity index (χ4n) is 3.93. The molecule has 0 rings (SSSR count). The van der Waals surface area contributed by atoms with Gasteiger partial charge in [-0.2, -0.15) is 0 Å². The Morgan fingerprint density at radius 3 is 1.95 bits per heavy atom. The maximum absolute atomic E-state index is 12.4. The average Bonchev–Trinajstić information content (AvgIpc) is 2.90. The summed E-state index contributed by atoms with van der Waals surface area (Å²) in [7, 11) is -4.25. The molecule has 0 radical (unpaired) electrons. The molecular weight excluding hydrogens is 505 g/mol. The van der Waals surface area contributed by atoms with Crippen LogP contribution in [0.4, 0.5) is 0 Å². The van der Waals surface area contributed by atoms with Gasteiger partial charge in [0.15, 0.2) is 0 Å². The smallest absolute Gasteiger partial charge is 0.457 e. The van der Waals surface area contributed by atoms with Crippen LogP contribution in [0.5, 0.6) is 0 Å². The second-order valence-corrected chi connectivity index (χ2v) is 11.4. The SMILES string of the molecule is CCCCCC/C=C\CCCCCCCC(=O)OC(COCCCCCCCC)COP(=O)(O)OCCN. The van der Waals surface area contributed by atoms with E-state index in [-0.39, 0.29) is 32.3 Å². The lowest BCUT2D eigenvalue weighted by Gasteiger charge is -2.20. The summed E-state index contributed by atoms with van der Waals surface area (Å²) in [5, 5.41) is 0. The van der Waals surface area contributed by atoms with Gasteiger partial charge in [0.2, 0.25) is 0 Å². The Morgan fingerprint density at radius 1 is 0.763 bits per heavy atom. The first kappa shape index (κ1) is 37.2. The number of phosphoric ester groups is 1. The molecule has 0 fully saturated rings. The minimum absolute atomic E-state index is 0.0951. The zero-order chi connectivity index (χ0) is 28.2. The number of allylic oxidation sites excluding steroid dienone is 2. The molecule has 0 aromatic rings. The van der Waals surface area contributed by atoms with E-state index in [1.807, 2.05) is 0 Å². The van der Waals surface area contributed by atoms with Crippen molar-refractivity contribution >= 4 is 13.8 Å². The molecule has 0 saturated carbocycles. The predicted molar refractivity (Wildman–Crippen MR) is 155 cm³/mol. The number of hydrogen-bond donors (Lipinski definition) is 2. The third-order valence-electron chi connectivity index (χ3n) is 6.18. The van der Waals surface area contributed by atoms with Crippen molar-refractivity contribution < 1.29 is 32.8 Å². The number of nitrogens with two attached hydrogens (primary N) is 1. The topological polar surface area (TPSA) is 117 Å². The molecular formula is C29H58NO7P. The molecule has 0 bridgehead atoms. The summed E-state index contributed by atoms with van der Waals surface area (Å²) >= 11 is 0. The fourth-order valence-corrected chi connectivity index (χ4v) is 4.69. The van der Waals surface area contributed by atoms with Crippen molar-refractivity contribution in [1.29, 1.82) is 0 Å². The summed E-state index contributed by atoms with van der Waals surface area (Å²) in [6, 6.07) is 0. The first-order valence-electron chi connectivity index (χ1n) is 15.2. The number of carbonyl (C=O) groups is 1. The Labute approximate surface area is 233 Å². The van der Waals surface area contributed by atoms with Crippen molar-refractivity contribution in [3.63, 3.8) is 0 Å². The predicted octanol–water partition coefficient (Wildman–Crippen LogP) is 7.62. The molecule has 0 saturated heterocycles. The Bertz CT molecular complexity index is 603. The van der Waals surface area contributed by atoms with Gasteiger partial charge in [0.05, 0.1) is 19.8 Å². The Kier molecular flexibility index (Phi) is 27.2. The van der Waals surface area contributed by atoms with Crippen LogP contribution >= 0.6 is 7.82 Å². The second-order valence-electron chi connectivity index (χ2n) is 9.97. The van der Waals surface area contributed by atoms with Gasteiger partial charge in [0.25, 0.3) is 0 Å². The van der Waals surface area contributed by atoms with E-state index in [1.165, 1.54) is 64.2 Å². The van der Waals surface area contributed by atoms with Gasteiger partial charge in [-0.3, -0.25) is 13.8 Å². The first-order valence-corrected chi connectivity index (χ1v) is 16.7. The van der Waals surface area contributed by atoms with Gasteiger partial charge >= 0.3 is 13.8 Å². The van der Waals surface area contributed by atoms with Gasteiger partial charge in [0, 0.05) is 19.6 Å². The summed E-state index contributed by atoms with van der Waals surface area (Å²) in [5.74, 6) is -0.344. The van der Waals surface area contributed by atoms with Crippen LogP contribution < -0.4 is 5.73 Å². The minimum Gasteiger partial charge on any atom is -0.457 e. The van der Waals surface area contributed by atoms with Crippen LogP contribution in [0.15, 0.2) is 12.2 Å². The van der Waals surface area contributed by atoms with Crippen molar-refractivity contribution in [1.82, 2.24) is 0 Å². The van der Waals surface area contributed by atoms with E-state index in [2.05, 4.69) is 26.0 Å². The summed E-state index contributed by atoms with van der Waals surface area (Å²) in [4.78, 5) is 22.1. The molecule has 0 amide bonds. The molecule has 0 aromatic heterocycles. The first-order chi connectivity index (χ1) is 18.4. The molecule has 0 aliphatic heterocycles. The molecule has 2 unspecified atom stereocenters. The largest absolute Gasteiger partial charge is 0.472 e. The van der Waals surface area contributed by atoms with Crippen molar-refractivity contribution in [3.05, 3.63) is 12.2 Å². The van der Waals surface area contributed by atoms with Crippen LogP contribution in [0.3, 0.4) is 0 Å². The van der Waals surface area contributed by atoms with E-state index in [1.54, 1.807) is 0 Å². The standard InChI is InChI=1S/C29H58NO7P/c1-3-5-7-9-11-12-13-14-15-16-17-18-20-22-29(31)37-28(27-36-38(32,33)35-25-23-30)26-34-24-21-19-10-8-6-4-2/h12-13,28H,3-11,14-27,30H2,1-2H3,(H,32,33)/b13-12-. The monoisotopic (exact) mass is 563 g/mol. The quantitative estimate of drug-likeness (QED) is 0.0413. The van der Waals surface area contributed by atoms with Crippen LogP contribution in [-0.2, 0) is 27.9 Å². The van der Waals surface area contributed by atoms with Crippen LogP contribution in [0.2, 0.25) is 0 Å². The van der Waals surface area contributed by atoms with Crippen molar-refractivity contribution in [3.8, 4) is 0 Å². The lowest BCUT2D eigenvalue weighted by Crippen LogP contribution is -2.28. The van der Waals surface area contributed by atoms with Gasteiger partial charge in [-0.25, -0.2) is 4.57 Å². The van der Waals surface area contributed by atoms with E-state index in [4.69, 9.17) is 24.3 Å². The lowest BCUT2D eigenvalue weighted by atomic mass is 10.1. The molecule has 38 heavy (non-hydrogen) atoms. The molecule has 0 heterocycles. The van der Waals surface area contributed by atoms with Gasteiger partial charge in [-0.1, -0.05) is 96.6 Å². The number of rotatable bonds is 29. The summed E-state index contributed by atoms with van der Waals surface area (Å²) in [6.07, 6.45) is 23.8. The fraction of sp³-hybridized carbons (Fsp3) is 0.897. The number of ether oxygens (including phenoxy) is 2. The molecule has 9 heteroatoms. The van der Waals surface area contributed by atoms with E-state index in [0.717, 1.165) is 44.9 Å². The molecule has 0 aliphatic rings. The third kappa shape index (κ3) is 26.8. The van der Waals surface area contributed by atoms with Gasteiger partial charge < -0.3 is 20.1 Å². The van der Waals surface area contributed by atoms with Crippen molar-refractivity contribution in [2.45, 2.75) is 136 Å². The average molecular weight is 564 g/mol. The molecule has 8 nitrogen and oxygen atoms in total.